The number of halogens is 1. The second kappa shape index (κ2) is 9.06. The van der Waals surface area contributed by atoms with Gasteiger partial charge in [0.05, 0.1) is 13.7 Å². The van der Waals surface area contributed by atoms with Gasteiger partial charge < -0.3 is 14.6 Å². The fraction of sp³-hybridized carbons (Fsp3) is 0.409. The van der Waals surface area contributed by atoms with Crippen LogP contribution in [0.15, 0.2) is 36.4 Å². The Hall–Kier alpha value is -2.60. The van der Waals surface area contributed by atoms with Crippen LogP contribution in [0, 0.1) is 11.7 Å². The molecule has 0 amide bonds. The quantitative estimate of drug-likeness (QED) is 0.727. The molecular formula is C22H26FNO4. The molecule has 28 heavy (non-hydrogen) atoms. The molecule has 1 heterocycles. The average Bonchev–Trinajstić information content (AvgIpc) is 2.70. The largest absolute Gasteiger partial charge is 0.504 e. The summed E-state index contributed by atoms with van der Waals surface area (Å²) in [7, 11) is 1.40. The SMILES string of the molecule is CCOc1cc(CN2CCC[C@@H](C(=O)c3ccc(OC)c(F)c3)C2)ccc1O. The number of ether oxygens (including phenoxy) is 2. The maximum absolute atomic E-state index is 14.0. The molecule has 1 atom stereocenters. The molecule has 1 aliphatic heterocycles. The van der Waals surface area contributed by atoms with Crippen LogP contribution in [-0.2, 0) is 6.54 Å². The fourth-order valence-corrected chi connectivity index (χ4v) is 3.65. The summed E-state index contributed by atoms with van der Waals surface area (Å²) >= 11 is 0. The van der Waals surface area contributed by atoms with Crippen molar-refractivity contribution in [1.29, 1.82) is 0 Å². The van der Waals surface area contributed by atoms with Crippen molar-refractivity contribution in [3.05, 3.63) is 53.3 Å². The molecule has 0 bridgehead atoms. The van der Waals surface area contributed by atoms with E-state index in [0.717, 1.165) is 24.9 Å². The van der Waals surface area contributed by atoms with Crippen LogP contribution in [-0.4, -0.2) is 42.6 Å². The smallest absolute Gasteiger partial charge is 0.167 e. The van der Waals surface area contributed by atoms with Crippen molar-refractivity contribution < 1.29 is 23.8 Å². The van der Waals surface area contributed by atoms with E-state index in [1.807, 2.05) is 19.1 Å². The fourth-order valence-electron chi connectivity index (χ4n) is 3.65. The first-order valence-corrected chi connectivity index (χ1v) is 9.56. The summed E-state index contributed by atoms with van der Waals surface area (Å²) in [5.74, 6) is 0.0157. The Labute approximate surface area is 164 Å². The average molecular weight is 387 g/mol. The zero-order chi connectivity index (χ0) is 20.1. The lowest BCUT2D eigenvalue weighted by Crippen LogP contribution is -2.38. The van der Waals surface area contributed by atoms with Gasteiger partial charge in [0.2, 0.25) is 0 Å². The molecule has 0 aliphatic carbocycles. The van der Waals surface area contributed by atoms with E-state index in [9.17, 15) is 14.3 Å². The number of benzene rings is 2. The summed E-state index contributed by atoms with van der Waals surface area (Å²) in [5, 5.41) is 9.85. The summed E-state index contributed by atoms with van der Waals surface area (Å²) < 4.78 is 24.3. The summed E-state index contributed by atoms with van der Waals surface area (Å²) in [6.45, 7) is 4.54. The number of ketones is 1. The molecule has 6 heteroatoms. The predicted octanol–water partition coefficient (Wildman–Crippen LogP) is 4.03. The number of likely N-dealkylation sites (tertiary alicyclic amines) is 1. The Morgan fingerprint density at radius 3 is 2.79 bits per heavy atom. The van der Waals surface area contributed by atoms with Crippen molar-refractivity contribution in [2.24, 2.45) is 5.92 Å². The van der Waals surface area contributed by atoms with E-state index in [2.05, 4.69) is 4.90 Å². The van der Waals surface area contributed by atoms with Crippen LogP contribution in [0.3, 0.4) is 0 Å². The first kappa shape index (κ1) is 20.1. The van der Waals surface area contributed by atoms with Crippen molar-refractivity contribution in [1.82, 2.24) is 4.90 Å². The standard InChI is InChI=1S/C22H26FNO4/c1-3-28-21-11-15(6-8-19(21)25)13-24-10-4-5-17(14-24)22(26)16-7-9-20(27-2)18(23)12-16/h6-9,11-12,17,25H,3-5,10,13-14H2,1-2H3/t17-/m1/s1. The van der Waals surface area contributed by atoms with Gasteiger partial charge in [-0.1, -0.05) is 6.07 Å². The first-order chi connectivity index (χ1) is 13.5. The van der Waals surface area contributed by atoms with E-state index in [1.54, 1.807) is 12.1 Å². The molecule has 2 aromatic carbocycles. The normalized spacial score (nSPS) is 17.3. The molecule has 2 aromatic rings. The van der Waals surface area contributed by atoms with Gasteiger partial charge in [0.25, 0.3) is 0 Å². The van der Waals surface area contributed by atoms with E-state index >= 15 is 0 Å². The summed E-state index contributed by atoms with van der Waals surface area (Å²) in [6.07, 6.45) is 1.70. The molecule has 0 saturated carbocycles. The van der Waals surface area contributed by atoms with Gasteiger partial charge in [0.1, 0.15) is 0 Å². The Balaban J connectivity index is 1.67. The molecule has 0 radical (unpaired) electrons. The highest BCUT2D eigenvalue weighted by Crippen LogP contribution is 2.29. The van der Waals surface area contributed by atoms with Crippen LogP contribution >= 0.6 is 0 Å². The highest BCUT2D eigenvalue weighted by Gasteiger charge is 2.27. The molecule has 1 aliphatic rings. The number of Topliss-reactive ketones (excluding diaryl/α,β-unsaturated/α-hetero) is 1. The van der Waals surface area contributed by atoms with Crippen molar-refractivity contribution in [3.8, 4) is 17.2 Å². The number of nitrogens with zero attached hydrogens (tertiary/aromatic N) is 1. The van der Waals surface area contributed by atoms with Crippen LogP contribution in [0.25, 0.3) is 0 Å². The summed E-state index contributed by atoms with van der Waals surface area (Å²) in [6, 6.07) is 9.71. The number of phenols is 1. The van der Waals surface area contributed by atoms with Gasteiger partial charge in [0.15, 0.2) is 28.8 Å². The maximum atomic E-state index is 14.0. The Morgan fingerprint density at radius 2 is 2.07 bits per heavy atom. The van der Waals surface area contributed by atoms with Crippen LogP contribution in [0.4, 0.5) is 4.39 Å². The Kier molecular flexibility index (Phi) is 6.52. The van der Waals surface area contributed by atoms with E-state index < -0.39 is 5.82 Å². The third kappa shape index (κ3) is 4.62. The van der Waals surface area contributed by atoms with Gasteiger partial charge in [-0.15, -0.1) is 0 Å². The molecule has 1 N–H and O–H groups in total. The Bertz CT molecular complexity index is 839. The number of carbonyl (C=O) groups excluding carboxylic acids is 1. The minimum atomic E-state index is -0.520. The number of aromatic hydroxyl groups is 1. The van der Waals surface area contributed by atoms with Gasteiger partial charge in [0, 0.05) is 24.6 Å². The number of rotatable bonds is 7. The highest BCUT2D eigenvalue weighted by molar-refractivity contribution is 5.98. The van der Waals surface area contributed by atoms with Gasteiger partial charge in [-0.05, 0) is 62.2 Å². The van der Waals surface area contributed by atoms with Crippen LogP contribution in [0.2, 0.25) is 0 Å². The predicted molar refractivity (Wildman–Crippen MR) is 105 cm³/mol. The van der Waals surface area contributed by atoms with Crippen molar-refractivity contribution >= 4 is 5.78 Å². The van der Waals surface area contributed by atoms with Crippen molar-refractivity contribution in [2.45, 2.75) is 26.3 Å². The number of carbonyl (C=O) groups is 1. The molecule has 1 saturated heterocycles. The van der Waals surface area contributed by atoms with Crippen LogP contribution in [0.5, 0.6) is 17.2 Å². The van der Waals surface area contributed by atoms with Crippen molar-refractivity contribution in [2.75, 3.05) is 26.8 Å². The minimum absolute atomic E-state index is 0.0352. The molecule has 150 valence electrons. The lowest BCUT2D eigenvalue weighted by Gasteiger charge is -2.32. The van der Waals surface area contributed by atoms with Gasteiger partial charge >= 0.3 is 0 Å². The second-order valence-corrected chi connectivity index (χ2v) is 7.02. The summed E-state index contributed by atoms with van der Waals surface area (Å²) in [5.41, 5.74) is 1.40. The molecule has 0 spiro atoms. The molecule has 3 rings (SSSR count). The van der Waals surface area contributed by atoms with Crippen molar-refractivity contribution in [3.63, 3.8) is 0 Å². The zero-order valence-corrected chi connectivity index (χ0v) is 16.3. The molecule has 1 fully saturated rings. The lowest BCUT2D eigenvalue weighted by molar-refractivity contribution is 0.0811. The molecule has 0 aromatic heterocycles. The monoisotopic (exact) mass is 387 g/mol. The number of hydrogen-bond donors (Lipinski definition) is 1. The third-order valence-electron chi connectivity index (χ3n) is 5.04. The number of piperidine rings is 1. The minimum Gasteiger partial charge on any atom is -0.504 e. The van der Waals surface area contributed by atoms with Crippen LogP contribution in [0.1, 0.15) is 35.7 Å². The molecule has 0 unspecified atom stereocenters. The number of methoxy groups -OCH3 is 1. The van der Waals surface area contributed by atoms with Gasteiger partial charge in [-0.3, -0.25) is 9.69 Å². The number of phenolic OH excluding ortho intramolecular Hbond substituents is 1. The molecular weight excluding hydrogens is 361 g/mol. The van der Waals surface area contributed by atoms with Crippen LogP contribution < -0.4 is 9.47 Å². The van der Waals surface area contributed by atoms with E-state index in [4.69, 9.17) is 9.47 Å². The molecule has 5 nitrogen and oxygen atoms in total. The Morgan fingerprint density at radius 1 is 1.25 bits per heavy atom. The highest BCUT2D eigenvalue weighted by atomic mass is 19.1. The summed E-state index contributed by atoms with van der Waals surface area (Å²) in [4.78, 5) is 15.1. The topological polar surface area (TPSA) is 59.0 Å². The third-order valence-corrected chi connectivity index (χ3v) is 5.04. The maximum Gasteiger partial charge on any atom is 0.167 e. The number of hydrogen-bond acceptors (Lipinski definition) is 5. The van der Waals surface area contributed by atoms with Gasteiger partial charge in [-0.25, -0.2) is 4.39 Å². The lowest BCUT2D eigenvalue weighted by atomic mass is 9.89. The van der Waals surface area contributed by atoms with E-state index in [1.165, 1.54) is 19.2 Å². The van der Waals surface area contributed by atoms with E-state index in [0.29, 0.717) is 31.0 Å². The second-order valence-electron chi connectivity index (χ2n) is 7.02. The zero-order valence-electron chi connectivity index (χ0n) is 16.3. The first-order valence-electron chi connectivity index (χ1n) is 9.56. The van der Waals surface area contributed by atoms with Gasteiger partial charge in [-0.2, -0.15) is 0 Å². The van der Waals surface area contributed by atoms with E-state index in [-0.39, 0.29) is 23.2 Å².